The van der Waals surface area contributed by atoms with E-state index in [4.69, 9.17) is 0 Å². The molecule has 2 aromatic carbocycles. The van der Waals surface area contributed by atoms with Crippen molar-refractivity contribution in [3.63, 3.8) is 0 Å². The van der Waals surface area contributed by atoms with Crippen LogP contribution in [0.3, 0.4) is 0 Å². The smallest absolute Gasteiger partial charge is 0.261 e. The molecule has 0 atom stereocenters. The Morgan fingerprint density at radius 1 is 1.14 bits per heavy atom. The lowest BCUT2D eigenvalue weighted by Crippen LogP contribution is -2.32. The molecule has 3 nitrogen and oxygen atoms in total. The van der Waals surface area contributed by atoms with Gasteiger partial charge in [0.15, 0.2) is 0 Å². The monoisotopic (exact) mass is 300 g/mol. The molecule has 0 aromatic heterocycles. The molecule has 2 rings (SSSR count). The molecule has 0 aliphatic rings. The molecule has 0 heterocycles. The van der Waals surface area contributed by atoms with Crippen LogP contribution in [0.5, 0.6) is 0 Å². The van der Waals surface area contributed by atoms with Crippen LogP contribution in [-0.2, 0) is 6.42 Å². The molecule has 4 heteroatoms. The van der Waals surface area contributed by atoms with Gasteiger partial charge < -0.3 is 10.2 Å². The molecule has 22 heavy (non-hydrogen) atoms. The van der Waals surface area contributed by atoms with Crippen LogP contribution in [0.2, 0.25) is 0 Å². The second-order valence-corrected chi connectivity index (χ2v) is 4.94. The molecule has 1 N–H and O–H groups in total. The topological polar surface area (TPSA) is 32.3 Å². The minimum Gasteiger partial charge on any atom is -0.388 e. The Kier molecular flexibility index (Phi) is 5.15. The van der Waals surface area contributed by atoms with E-state index >= 15 is 0 Å². The zero-order chi connectivity index (χ0) is 16.1. The third-order valence-electron chi connectivity index (χ3n) is 3.73. The van der Waals surface area contributed by atoms with Gasteiger partial charge >= 0.3 is 0 Å². The summed E-state index contributed by atoms with van der Waals surface area (Å²) in [7, 11) is 1.85. The molecular weight excluding hydrogens is 279 g/mol. The number of carbonyl (C=O) groups excluding carboxylic acids is 1. The van der Waals surface area contributed by atoms with Gasteiger partial charge in [0.1, 0.15) is 5.82 Å². The Balaban J connectivity index is 2.49. The highest BCUT2D eigenvalue weighted by Crippen LogP contribution is 2.29. The zero-order valence-electron chi connectivity index (χ0n) is 13.2. The Hall–Kier alpha value is -2.36. The molecule has 0 unspecified atom stereocenters. The van der Waals surface area contributed by atoms with Crippen LogP contribution >= 0.6 is 0 Å². The van der Waals surface area contributed by atoms with Gasteiger partial charge in [-0.1, -0.05) is 25.1 Å². The molecule has 116 valence electrons. The maximum Gasteiger partial charge on any atom is 0.261 e. The molecule has 0 spiro atoms. The standard InChI is InChI=1S/C18H21FN2O/c1-4-13-16(20-3)11-8-12-17(13)21(5-2)18(22)14-9-6-7-10-15(14)19/h6-12,20H,4-5H2,1-3H3. The van der Waals surface area contributed by atoms with E-state index in [1.807, 2.05) is 39.1 Å². The predicted octanol–water partition coefficient (Wildman–Crippen LogP) is 4.10. The maximum absolute atomic E-state index is 13.9. The molecule has 0 bridgehead atoms. The maximum atomic E-state index is 13.9. The van der Waals surface area contributed by atoms with Crippen molar-refractivity contribution >= 4 is 17.3 Å². The summed E-state index contributed by atoms with van der Waals surface area (Å²) >= 11 is 0. The quantitative estimate of drug-likeness (QED) is 0.901. The third kappa shape index (κ3) is 2.96. The Morgan fingerprint density at radius 2 is 1.86 bits per heavy atom. The summed E-state index contributed by atoms with van der Waals surface area (Å²) in [4.78, 5) is 14.4. The first-order valence-corrected chi connectivity index (χ1v) is 7.50. The van der Waals surface area contributed by atoms with Gasteiger partial charge in [0.05, 0.1) is 5.56 Å². The highest BCUT2D eigenvalue weighted by atomic mass is 19.1. The number of benzene rings is 2. The van der Waals surface area contributed by atoms with Crippen LogP contribution in [0.4, 0.5) is 15.8 Å². The van der Waals surface area contributed by atoms with Gasteiger partial charge in [-0.25, -0.2) is 4.39 Å². The first-order chi connectivity index (χ1) is 10.6. The average Bonchev–Trinajstić information content (AvgIpc) is 2.55. The van der Waals surface area contributed by atoms with E-state index < -0.39 is 5.82 Å². The highest BCUT2D eigenvalue weighted by molar-refractivity contribution is 6.07. The summed E-state index contributed by atoms with van der Waals surface area (Å²) < 4.78 is 13.9. The van der Waals surface area contributed by atoms with E-state index in [-0.39, 0.29) is 11.5 Å². The van der Waals surface area contributed by atoms with Crippen molar-refractivity contribution in [1.29, 1.82) is 0 Å². The summed E-state index contributed by atoms with van der Waals surface area (Å²) in [6.07, 6.45) is 0.785. The second-order valence-electron chi connectivity index (χ2n) is 4.94. The fourth-order valence-corrected chi connectivity index (χ4v) is 2.64. The zero-order valence-corrected chi connectivity index (χ0v) is 13.2. The Morgan fingerprint density at radius 3 is 2.45 bits per heavy atom. The number of amides is 1. The highest BCUT2D eigenvalue weighted by Gasteiger charge is 2.21. The van der Waals surface area contributed by atoms with Crippen molar-refractivity contribution in [2.24, 2.45) is 0 Å². The van der Waals surface area contributed by atoms with E-state index in [0.29, 0.717) is 6.54 Å². The Labute approximate surface area is 130 Å². The van der Waals surface area contributed by atoms with Crippen LogP contribution in [0.1, 0.15) is 29.8 Å². The molecule has 0 aliphatic carbocycles. The first-order valence-electron chi connectivity index (χ1n) is 7.50. The van der Waals surface area contributed by atoms with E-state index in [1.54, 1.807) is 17.0 Å². The fraction of sp³-hybridized carbons (Fsp3) is 0.278. The molecular formula is C18H21FN2O. The van der Waals surface area contributed by atoms with Gasteiger partial charge in [-0.05, 0) is 43.2 Å². The number of halogens is 1. The summed E-state index contributed by atoms with van der Waals surface area (Å²) in [5, 5.41) is 3.14. The van der Waals surface area contributed by atoms with Gasteiger partial charge in [0.2, 0.25) is 0 Å². The molecule has 1 amide bonds. The molecule has 2 aromatic rings. The van der Waals surface area contributed by atoms with Gasteiger partial charge in [-0.3, -0.25) is 4.79 Å². The van der Waals surface area contributed by atoms with Gasteiger partial charge in [0, 0.05) is 25.0 Å². The second kappa shape index (κ2) is 7.07. The van der Waals surface area contributed by atoms with Crippen molar-refractivity contribution in [3.05, 3.63) is 59.4 Å². The number of hydrogen-bond acceptors (Lipinski definition) is 2. The number of rotatable bonds is 5. The SMILES string of the molecule is CCc1c(NC)cccc1N(CC)C(=O)c1ccccc1F. The molecule has 0 saturated carbocycles. The lowest BCUT2D eigenvalue weighted by Gasteiger charge is -2.25. The van der Waals surface area contributed by atoms with Crippen molar-refractivity contribution in [1.82, 2.24) is 0 Å². The van der Waals surface area contributed by atoms with Crippen molar-refractivity contribution in [2.75, 3.05) is 23.8 Å². The molecule has 0 fully saturated rings. The first kappa shape index (κ1) is 16.0. The number of carbonyl (C=O) groups is 1. The Bertz CT molecular complexity index is 670. The van der Waals surface area contributed by atoms with Gasteiger partial charge in [0.25, 0.3) is 5.91 Å². The normalized spacial score (nSPS) is 10.4. The van der Waals surface area contributed by atoms with Crippen LogP contribution in [-0.4, -0.2) is 19.5 Å². The van der Waals surface area contributed by atoms with Crippen LogP contribution < -0.4 is 10.2 Å². The number of anilines is 2. The van der Waals surface area contributed by atoms with E-state index in [1.165, 1.54) is 12.1 Å². The molecule has 0 radical (unpaired) electrons. The minimum absolute atomic E-state index is 0.0984. The number of hydrogen-bond donors (Lipinski definition) is 1. The van der Waals surface area contributed by atoms with Crippen LogP contribution in [0, 0.1) is 5.82 Å². The van der Waals surface area contributed by atoms with Crippen LogP contribution in [0.15, 0.2) is 42.5 Å². The van der Waals surface area contributed by atoms with E-state index in [9.17, 15) is 9.18 Å². The van der Waals surface area contributed by atoms with E-state index in [2.05, 4.69) is 5.32 Å². The minimum atomic E-state index is -0.492. The van der Waals surface area contributed by atoms with Crippen LogP contribution in [0.25, 0.3) is 0 Å². The van der Waals surface area contributed by atoms with Gasteiger partial charge in [-0.2, -0.15) is 0 Å². The predicted molar refractivity (Wildman–Crippen MR) is 89.1 cm³/mol. The summed E-state index contributed by atoms with van der Waals surface area (Å²) in [5.74, 6) is -0.808. The summed E-state index contributed by atoms with van der Waals surface area (Å²) in [6.45, 7) is 4.42. The average molecular weight is 300 g/mol. The summed E-state index contributed by atoms with van der Waals surface area (Å²) in [5.41, 5.74) is 2.96. The molecule has 0 aliphatic heterocycles. The lowest BCUT2D eigenvalue weighted by molar-refractivity contribution is 0.0984. The number of nitrogens with one attached hydrogen (secondary N) is 1. The van der Waals surface area contributed by atoms with Crippen molar-refractivity contribution in [2.45, 2.75) is 20.3 Å². The number of nitrogens with zero attached hydrogens (tertiary/aromatic N) is 1. The van der Waals surface area contributed by atoms with Crippen molar-refractivity contribution < 1.29 is 9.18 Å². The van der Waals surface area contributed by atoms with Crippen molar-refractivity contribution in [3.8, 4) is 0 Å². The van der Waals surface area contributed by atoms with E-state index in [0.717, 1.165) is 23.4 Å². The largest absolute Gasteiger partial charge is 0.388 e. The molecule has 0 saturated heterocycles. The fourth-order valence-electron chi connectivity index (χ4n) is 2.64. The third-order valence-corrected chi connectivity index (χ3v) is 3.73. The summed E-state index contributed by atoms with van der Waals surface area (Å²) in [6, 6.07) is 11.9. The van der Waals surface area contributed by atoms with Gasteiger partial charge in [-0.15, -0.1) is 0 Å². The lowest BCUT2D eigenvalue weighted by atomic mass is 10.1.